The van der Waals surface area contributed by atoms with Gasteiger partial charge in [0.15, 0.2) is 0 Å². The number of fused-ring (bicyclic) bond motifs is 1. The van der Waals surface area contributed by atoms with Crippen molar-refractivity contribution in [1.29, 1.82) is 0 Å². The molecule has 3 rings (SSSR count). The number of aromatic nitrogens is 6. The number of hydrogen-bond donors (Lipinski definition) is 2. The minimum atomic E-state index is -0.607. The first kappa shape index (κ1) is 16.9. The number of rotatable bonds is 3. The quantitative estimate of drug-likeness (QED) is 0.756. The molecule has 0 fully saturated rings. The summed E-state index contributed by atoms with van der Waals surface area (Å²) in [4.78, 5) is 28.2. The summed E-state index contributed by atoms with van der Waals surface area (Å²) in [5.74, 6) is 0.664. The second-order valence-electron chi connectivity index (χ2n) is 6.62. The number of carbonyl (C=O) groups is 1. The third kappa shape index (κ3) is 3.44. The van der Waals surface area contributed by atoms with E-state index in [0.29, 0.717) is 5.95 Å². The van der Waals surface area contributed by atoms with Gasteiger partial charge in [-0.05, 0) is 34.1 Å². The Balaban J connectivity index is 1.95. The topological polar surface area (TPSA) is 111 Å². The van der Waals surface area contributed by atoms with Gasteiger partial charge in [0.1, 0.15) is 11.9 Å². The number of nitrogens with one attached hydrogen (secondary N) is 2. The molecule has 0 radical (unpaired) electrons. The Bertz CT molecular complexity index is 920. The summed E-state index contributed by atoms with van der Waals surface area (Å²) in [5, 5.41) is 6.71. The average molecular weight is 343 g/mol. The molecule has 0 atom stereocenters. The molecular weight excluding hydrogens is 322 g/mol. The number of aryl methyl sites for hydroxylation is 2. The second kappa shape index (κ2) is 6.15. The lowest BCUT2D eigenvalue weighted by atomic mass is 10.1. The Labute approximate surface area is 144 Å². The van der Waals surface area contributed by atoms with E-state index >= 15 is 0 Å². The number of ether oxygens (including phenoxy) is 1. The van der Waals surface area contributed by atoms with Gasteiger partial charge >= 0.3 is 6.09 Å². The van der Waals surface area contributed by atoms with Crippen molar-refractivity contribution in [2.24, 2.45) is 0 Å². The van der Waals surface area contributed by atoms with Crippen molar-refractivity contribution in [2.45, 2.75) is 46.6 Å². The highest BCUT2D eigenvalue weighted by Crippen LogP contribution is 2.21. The van der Waals surface area contributed by atoms with Crippen LogP contribution in [0.4, 0.5) is 10.7 Å². The van der Waals surface area contributed by atoms with E-state index in [1.165, 1.54) is 11.0 Å². The van der Waals surface area contributed by atoms with Crippen molar-refractivity contribution < 1.29 is 9.53 Å². The van der Waals surface area contributed by atoms with Gasteiger partial charge in [-0.2, -0.15) is 14.8 Å². The monoisotopic (exact) mass is 343 g/mol. The summed E-state index contributed by atoms with van der Waals surface area (Å²) in [6.45, 7) is 9.38. The Morgan fingerprint density at radius 3 is 2.80 bits per heavy atom. The summed E-state index contributed by atoms with van der Waals surface area (Å²) in [6, 6.07) is 0. The highest BCUT2D eigenvalue weighted by atomic mass is 16.6. The SMILES string of the molecule is CCc1c(C)ncc2[nH]c(-n3ncnc3NC(=O)OC(C)(C)C)nc12. The molecule has 132 valence electrons. The zero-order chi connectivity index (χ0) is 18.2. The maximum Gasteiger partial charge on any atom is 0.414 e. The molecule has 3 aromatic heterocycles. The summed E-state index contributed by atoms with van der Waals surface area (Å²) in [7, 11) is 0. The van der Waals surface area contributed by atoms with Crippen LogP contribution in [-0.2, 0) is 11.2 Å². The number of nitrogens with zero attached hydrogens (tertiary/aromatic N) is 5. The molecule has 0 bridgehead atoms. The lowest BCUT2D eigenvalue weighted by molar-refractivity contribution is 0.0634. The third-order valence-corrected chi connectivity index (χ3v) is 3.54. The molecule has 0 aliphatic carbocycles. The van der Waals surface area contributed by atoms with Crippen molar-refractivity contribution in [3.63, 3.8) is 0 Å². The molecule has 2 N–H and O–H groups in total. The standard InChI is InChI=1S/C16H21N7O2/c1-6-10-9(2)17-7-11-12(10)21-14(20-11)23-13(18-8-19-23)22-15(24)25-16(3,4)5/h7-8H,6H2,1-5H3,(H,20,21)(H,18,19,22,24). The van der Waals surface area contributed by atoms with E-state index in [9.17, 15) is 4.79 Å². The molecule has 0 saturated heterocycles. The number of anilines is 1. The van der Waals surface area contributed by atoms with Gasteiger partial charge in [0, 0.05) is 11.3 Å². The highest BCUT2D eigenvalue weighted by Gasteiger charge is 2.20. The maximum atomic E-state index is 12.0. The van der Waals surface area contributed by atoms with Crippen LogP contribution >= 0.6 is 0 Å². The number of amides is 1. The van der Waals surface area contributed by atoms with E-state index in [2.05, 4.69) is 37.3 Å². The van der Waals surface area contributed by atoms with E-state index in [1.54, 1.807) is 27.0 Å². The molecule has 9 heteroatoms. The van der Waals surface area contributed by atoms with Crippen LogP contribution in [0.25, 0.3) is 17.0 Å². The first-order chi connectivity index (χ1) is 11.8. The molecule has 3 heterocycles. The van der Waals surface area contributed by atoms with E-state index in [0.717, 1.165) is 28.7 Å². The number of imidazole rings is 1. The molecule has 0 aliphatic heterocycles. The van der Waals surface area contributed by atoms with Gasteiger partial charge in [0.25, 0.3) is 0 Å². The fourth-order valence-electron chi connectivity index (χ4n) is 2.51. The van der Waals surface area contributed by atoms with Crippen LogP contribution < -0.4 is 5.32 Å². The minimum absolute atomic E-state index is 0.219. The Morgan fingerprint density at radius 1 is 1.36 bits per heavy atom. The summed E-state index contributed by atoms with van der Waals surface area (Å²) in [5.41, 5.74) is 3.05. The number of aromatic amines is 1. The second-order valence-corrected chi connectivity index (χ2v) is 6.62. The van der Waals surface area contributed by atoms with Crippen molar-refractivity contribution >= 4 is 23.1 Å². The van der Waals surface area contributed by atoms with Gasteiger partial charge in [-0.1, -0.05) is 6.92 Å². The first-order valence-electron chi connectivity index (χ1n) is 8.03. The lowest BCUT2D eigenvalue weighted by Crippen LogP contribution is -2.28. The smallest absolute Gasteiger partial charge is 0.414 e. The van der Waals surface area contributed by atoms with Crippen molar-refractivity contribution in [1.82, 2.24) is 29.7 Å². The van der Waals surface area contributed by atoms with Gasteiger partial charge in [-0.3, -0.25) is 10.3 Å². The van der Waals surface area contributed by atoms with Gasteiger partial charge in [0.2, 0.25) is 11.9 Å². The van der Waals surface area contributed by atoms with Gasteiger partial charge < -0.3 is 9.72 Å². The number of carbonyl (C=O) groups excluding carboxylic acids is 1. The average Bonchev–Trinajstić information content (AvgIpc) is 3.11. The van der Waals surface area contributed by atoms with E-state index < -0.39 is 11.7 Å². The molecule has 25 heavy (non-hydrogen) atoms. The summed E-state index contributed by atoms with van der Waals surface area (Å²) >= 11 is 0. The van der Waals surface area contributed by atoms with Crippen LogP contribution in [-0.4, -0.2) is 41.4 Å². The Morgan fingerprint density at radius 2 is 2.12 bits per heavy atom. The van der Waals surface area contributed by atoms with Crippen molar-refractivity contribution in [3.8, 4) is 5.95 Å². The Kier molecular flexibility index (Phi) is 4.15. The molecule has 1 amide bonds. The zero-order valence-electron chi connectivity index (χ0n) is 14.9. The van der Waals surface area contributed by atoms with Crippen molar-refractivity contribution in [2.75, 3.05) is 5.32 Å². The van der Waals surface area contributed by atoms with Crippen LogP contribution in [0.3, 0.4) is 0 Å². The molecule has 0 saturated carbocycles. The molecule has 0 unspecified atom stereocenters. The highest BCUT2D eigenvalue weighted by molar-refractivity contribution is 5.83. The fourth-order valence-corrected chi connectivity index (χ4v) is 2.51. The molecule has 9 nitrogen and oxygen atoms in total. The maximum absolute atomic E-state index is 12.0. The summed E-state index contributed by atoms with van der Waals surface area (Å²) in [6.07, 6.45) is 3.29. The van der Waals surface area contributed by atoms with Gasteiger partial charge in [0.05, 0.1) is 17.2 Å². The largest absolute Gasteiger partial charge is 0.444 e. The summed E-state index contributed by atoms with van der Waals surface area (Å²) < 4.78 is 6.66. The van der Waals surface area contributed by atoms with Crippen LogP contribution in [0.5, 0.6) is 0 Å². The van der Waals surface area contributed by atoms with E-state index in [-0.39, 0.29) is 5.95 Å². The van der Waals surface area contributed by atoms with Crippen molar-refractivity contribution in [3.05, 3.63) is 23.8 Å². The zero-order valence-corrected chi connectivity index (χ0v) is 14.9. The minimum Gasteiger partial charge on any atom is -0.444 e. The molecule has 0 aliphatic rings. The number of H-pyrrole nitrogens is 1. The molecule has 0 spiro atoms. The van der Waals surface area contributed by atoms with E-state index in [4.69, 9.17) is 4.74 Å². The number of hydrogen-bond acceptors (Lipinski definition) is 6. The first-order valence-corrected chi connectivity index (χ1v) is 8.03. The Hall–Kier alpha value is -2.97. The molecule has 0 aromatic carbocycles. The van der Waals surface area contributed by atoms with Crippen LogP contribution in [0.1, 0.15) is 39.0 Å². The van der Waals surface area contributed by atoms with Crippen LogP contribution in [0.15, 0.2) is 12.5 Å². The fraction of sp³-hybridized carbons (Fsp3) is 0.438. The predicted molar refractivity (Wildman–Crippen MR) is 92.8 cm³/mol. The number of pyridine rings is 1. The van der Waals surface area contributed by atoms with Gasteiger partial charge in [-0.25, -0.2) is 9.78 Å². The third-order valence-electron chi connectivity index (χ3n) is 3.54. The molecule has 3 aromatic rings. The predicted octanol–water partition coefficient (Wildman–Crippen LogP) is 2.76. The van der Waals surface area contributed by atoms with Gasteiger partial charge in [-0.15, -0.1) is 0 Å². The molecular formula is C16H21N7O2. The lowest BCUT2D eigenvalue weighted by Gasteiger charge is -2.19. The van der Waals surface area contributed by atoms with E-state index in [1.807, 2.05) is 6.92 Å². The van der Waals surface area contributed by atoms with Crippen LogP contribution in [0.2, 0.25) is 0 Å². The normalized spacial score (nSPS) is 11.7. The van der Waals surface area contributed by atoms with Crippen LogP contribution in [0, 0.1) is 6.92 Å².